The number of carbonyl (C=O) groups excluding carboxylic acids is 2. The van der Waals surface area contributed by atoms with E-state index in [2.05, 4.69) is 20.4 Å². The van der Waals surface area contributed by atoms with Crippen molar-refractivity contribution >= 4 is 17.5 Å². The molecule has 1 aliphatic rings. The van der Waals surface area contributed by atoms with Crippen molar-refractivity contribution in [2.24, 2.45) is 5.92 Å². The summed E-state index contributed by atoms with van der Waals surface area (Å²) in [5.41, 5.74) is -3.76. The Morgan fingerprint density at radius 1 is 1.19 bits per heavy atom. The van der Waals surface area contributed by atoms with Gasteiger partial charge < -0.3 is 20.1 Å². The zero-order valence-electron chi connectivity index (χ0n) is 18.9. The Hall–Kier alpha value is -3.42. The molecule has 1 aliphatic heterocycles. The molecule has 0 bridgehead atoms. The van der Waals surface area contributed by atoms with Gasteiger partial charge in [-0.25, -0.2) is 4.39 Å². The second-order valence-corrected chi connectivity index (χ2v) is 8.11. The van der Waals surface area contributed by atoms with E-state index in [1.807, 2.05) is 0 Å². The van der Waals surface area contributed by atoms with Gasteiger partial charge in [0.2, 0.25) is 5.82 Å². The van der Waals surface area contributed by atoms with Crippen LogP contribution < -0.4 is 15.4 Å². The van der Waals surface area contributed by atoms with Gasteiger partial charge in [0.05, 0.1) is 0 Å². The van der Waals surface area contributed by atoms with Crippen LogP contribution in [0.15, 0.2) is 30.5 Å². The van der Waals surface area contributed by atoms with Crippen molar-refractivity contribution in [3.05, 3.63) is 53.4 Å². The molecule has 2 heterocycles. The molecule has 2 aromatic rings. The molecule has 0 saturated carbocycles. The molecule has 1 fully saturated rings. The second-order valence-electron chi connectivity index (χ2n) is 8.11. The molecule has 7 nitrogen and oxygen atoms in total. The topological polar surface area (TPSA) is 89.6 Å². The van der Waals surface area contributed by atoms with Crippen LogP contribution in [0.3, 0.4) is 0 Å². The maximum Gasteiger partial charge on any atom is 0.417 e. The zero-order valence-corrected chi connectivity index (χ0v) is 18.9. The number of ether oxygens (including phenoxy) is 2. The maximum absolute atomic E-state index is 14.4. The Morgan fingerprint density at radius 2 is 1.86 bits per heavy atom. The van der Waals surface area contributed by atoms with Crippen LogP contribution in [0.5, 0.6) is 5.75 Å². The number of carbonyl (C=O) groups is 2. The predicted octanol–water partition coefficient (Wildman–Crippen LogP) is 4.40. The summed E-state index contributed by atoms with van der Waals surface area (Å²) in [4.78, 5) is 28.7. The Bertz CT molecular complexity index is 1160. The fourth-order valence-corrected chi connectivity index (χ4v) is 4.02. The lowest BCUT2D eigenvalue weighted by molar-refractivity contribution is -0.272. The normalized spacial score (nSPS) is 24.0. The van der Waals surface area contributed by atoms with E-state index in [0.717, 1.165) is 25.3 Å². The second kappa shape index (κ2) is 9.91. The molecule has 1 saturated heterocycles. The number of hydrogen-bond acceptors (Lipinski definition) is 5. The van der Waals surface area contributed by atoms with Crippen LogP contribution in [-0.4, -0.2) is 48.3 Å². The van der Waals surface area contributed by atoms with Crippen molar-refractivity contribution in [2.45, 2.75) is 44.3 Å². The Kier molecular flexibility index (Phi) is 7.48. The first-order valence-corrected chi connectivity index (χ1v) is 10.4. The highest BCUT2D eigenvalue weighted by Gasteiger charge is 2.66. The monoisotopic (exact) mass is 523 g/mol. The average molecular weight is 523 g/mol. The molecule has 3 rings (SSSR count). The van der Waals surface area contributed by atoms with Gasteiger partial charge in [0, 0.05) is 36.3 Å². The predicted molar refractivity (Wildman–Crippen MR) is 110 cm³/mol. The minimum absolute atomic E-state index is 0.0430. The van der Waals surface area contributed by atoms with Gasteiger partial charge in [-0.15, -0.1) is 0 Å². The molecule has 0 spiro atoms. The first kappa shape index (κ1) is 27.2. The van der Waals surface area contributed by atoms with Crippen LogP contribution in [0.2, 0.25) is 0 Å². The summed E-state index contributed by atoms with van der Waals surface area (Å²) < 4.78 is 105. The van der Waals surface area contributed by atoms with Crippen LogP contribution in [0.1, 0.15) is 35.8 Å². The molecule has 0 aliphatic carbocycles. The lowest BCUT2D eigenvalue weighted by Crippen LogP contribution is -2.47. The standard InChI is InChI=1S/C22H20F7N3O4/c1-9-14(11-4-5-12(23)15(24)16(11)35-20(25)26)17(36-21(9,2)22(27,28)29)19(34)32-10-6-7-31-13(8-10)18(33)30-3/h4-9,14,17,20H,1-3H3,(H,30,33)(H,31,32,34)/t9-,14-,17-,21-/m0/s1. The molecule has 4 atom stereocenters. The molecule has 1 aromatic heterocycles. The molecule has 2 N–H and O–H groups in total. The highest BCUT2D eigenvalue weighted by atomic mass is 19.4. The van der Waals surface area contributed by atoms with Crippen LogP contribution in [-0.2, 0) is 9.53 Å². The smallest absolute Gasteiger partial charge is 0.417 e. The van der Waals surface area contributed by atoms with E-state index in [-0.39, 0.29) is 11.4 Å². The number of anilines is 1. The van der Waals surface area contributed by atoms with Gasteiger partial charge in [-0.1, -0.05) is 13.0 Å². The molecule has 0 unspecified atom stereocenters. The van der Waals surface area contributed by atoms with E-state index in [1.165, 1.54) is 13.1 Å². The summed E-state index contributed by atoms with van der Waals surface area (Å²) in [6.45, 7) is -1.95. The highest BCUT2D eigenvalue weighted by molar-refractivity contribution is 5.97. The van der Waals surface area contributed by atoms with E-state index >= 15 is 0 Å². The molecule has 1 aromatic carbocycles. The van der Waals surface area contributed by atoms with Crippen LogP contribution in [0.25, 0.3) is 0 Å². The first-order valence-electron chi connectivity index (χ1n) is 10.4. The van der Waals surface area contributed by atoms with E-state index in [0.29, 0.717) is 13.0 Å². The minimum atomic E-state index is -5.04. The summed E-state index contributed by atoms with van der Waals surface area (Å²) in [6, 6.07) is 3.66. The molecular weight excluding hydrogens is 503 g/mol. The summed E-state index contributed by atoms with van der Waals surface area (Å²) in [5.74, 6) is -9.89. The number of nitrogens with one attached hydrogen (secondary N) is 2. The highest BCUT2D eigenvalue weighted by Crippen LogP contribution is 2.55. The lowest BCUT2D eigenvalue weighted by atomic mass is 9.77. The number of hydrogen-bond donors (Lipinski definition) is 2. The third kappa shape index (κ3) is 4.94. The molecule has 36 heavy (non-hydrogen) atoms. The summed E-state index contributed by atoms with van der Waals surface area (Å²) >= 11 is 0. The quantitative estimate of drug-likeness (QED) is 0.548. The number of benzene rings is 1. The number of pyridine rings is 1. The molecule has 0 radical (unpaired) electrons. The maximum atomic E-state index is 14.4. The van der Waals surface area contributed by atoms with E-state index in [1.54, 1.807) is 0 Å². The van der Waals surface area contributed by atoms with Gasteiger partial charge in [-0.3, -0.25) is 14.6 Å². The number of aromatic nitrogens is 1. The van der Waals surface area contributed by atoms with Crippen molar-refractivity contribution in [1.82, 2.24) is 10.3 Å². The largest absolute Gasteiger partial charge is 0.431 e. The fourth-order valence-electron chi connectivity index (χ4n) is 4.02. The number of nitrogens with zero attached hydrogens (tertiary/aromatic N) is 1. The van der Waals surface area contributed by atoms with Crippen molar-refractivity contribution < 1.29 is 49.8 Å². The van der Waals surface area contributed by atoms with Gasteiger partial charge in [0.25, 0.3) is 11.8 Å². The summed E-state index contributed by atoms with van der Waals surface area (Å²) in [7, 11) is 1.33. The van der Waals surface area contributed by atoms with Crippen molar-refractivity contribution in [2.75, 3.05) is 12.4 Å². The van der Waals surface area contributed by atoms with Gasteiger partial charge >= 0.3 is 12.8 Å². The number of rotatable bonds is 6. The molecular formula is C22H20F7N3O4. The Balaban J connectivity index is 2.09. The Morgan fingerprint density at radius 3 is 2.44 bits per heavy atom. The molecule has 14 heteroatoms. The van der Waals surface area contributed by atoms with Crippen molar-refractivity contribution in [3.8, 4) is 5.75 Å². The third-order valence-corrected chi connectivity index (χ3v) is 6.06. The Labute approximate surface area is 200 Å². The number of amides is 2. The average Bonchev–Trinajstić information content (AvgIpc) is 3.08. The van der Waals surface area contributed by atoms with Gasteiger partial charge in [-0.05, 0) is 25.1 Å². The van der Waals surface area contributed by atoms with Crippen molar-refractivity contribution in [1.29, 1.82) is 0 Å². The van der Waals surface area contributed by atoms with Crippen LogP contribution >= 0.6 is 0 Å². The van der Waals surface area contributed by atoms with Crippen LogP contribution in [0.4, 0.5) is 36.4 Å². The molecule has 196 valence electrons. The van der Waals surface area contributed by atoms with Gasteiger partial charge in [-0.2, -0.15) is 26.3 Å². The van der Waals surface area contributed by atoms with E-state index < -0.39 is 71.1 Å². The van der Waals surface area contributed by atoms with Gasteiger partial charge in [0.1, 0.15) is 11.8 Å². The van der Waals surface area contributed by atoms with Gasteiger partial charge in [0.15, 0.2) is 17.2 Å². The first-order chi connectivity index (χ1) is 16.7. The van der Waals surface area contributed by atoms with E-state index in [4.69, 9.17) is 4.74 Å². The zero-order chi connectivity index (χ0) is 27.0. The SMILES string of the molecule is CNC(=O)c1cc(NC(=O)[C@H]2O[C@](C)(C(F)(F)F)[C@@H](C)[C@H]2c2ccc(F)c(F)c2OC(F)F)ccn1. The molecule has 2 amide bonds. The lowest BCUT2D eigenvalue weighted by Gasteiger charge is -2.32. The van der Waals surface area contributed by atoms with Crippen molar-refractivity contribution in [3.63, 3.8) is 0 Å². The summed E-state index contributed by atoms with van der Waals surface area (Å²) in [5, 5.41) is 4.60. The number of halogens is 7. The fraction of sp³-hybridized carbons (Fsp3) is 0.409. The number of alkyl halides is 5. The minimum Gasteiger partial charge on any atom is -0.431 e. The third-order valence-electron chi connectivity index (χ3n) is 6.06. The van der Waals surface area contributed by atoms with E-state index in [9.17, 15) is 40.3 Å². The summed E-state index contributed by atoms with van der Waals surface area (Å²) in [6.07, 6.45) is -5.89. The van der Waals surface area contributed by atoms with Crippen LogP contribution in [0, 0.1) is 17.6 Å².